The summed E-state index contributed by atoms with van der Waals surface area (Å²) in [5.74, 6) is -0.900. The van der Waals surface area contributed by atoms with E-state index >= 15 is 0 Å². The van der Waals surface area contributed by atoms with E-state index in [-0.39, 0.29) is 12.5 Å². The fourth-order valence-electron chi connectivity index (χ4n) is 1.87. The van der Waals surface area contributed by atoms with E-state index in [9.17, 15) is 9.59 Å². The lowest BCUT2D eigenvalue weighted by Crippen LogP contribution is -2.51. The van der Waals surface area contributed by atoms with Crippen LogP contribution in [0.5, 0.6) is 0 Å². The van der Waals surface area contributed by atoms with Gasteiger partial charge in [0.25, 0.3) is 0 Å². The van der Waals surface area contributed by atoms with Crippen molar-refractivity contribution in [3.63, 3.8) is 0 Å². The van der Waals surface area contributed by atoms with Crippen LogP contribution in [0.15, 0.2) is 18.2 Å². The minimum absolute atomic E-state index is 0.160. The van der Waals surface area contributed by atoms with Gasteiger partial charge in [0.15, 0.2) is 0 Å². The molecule has 1 amide bonds. The summed E-state index contributed by atoms with van der Waals surface area (Å²) in [5.41, 5.74) is 5.50. The summed E-state index contributed by atoms with van der Waals surface area (Å²) in [6.07, 6.45) is 0.438. The summed E-state index contributed by atoms with van der Waals surface area (Å²) >= 11 is 6.00. The molecular formula is C13H15ClN2O4. The van der Waals surface area contributed by atoms with Crippen LogP contribution in [0.1, 0.15) is 16.8 Å². The van der Waals surface area contributed by atoms with Gasteiger partial charge in [0.05, 0.1) is 30.0 Å². The second-order valence-electron chi connectivity index (χ2n) is 4.60. The molecule has 0 spiro atoms. The van der Waals surface area contributed by atoms with Crippen molar-refractivity contribution >= 4 is 29.2 Å². The van der Waals surface area contributed by atoms with Crippen LogP contribution >= 0.6 is 11.6 Å². The Labute approximate surface area is 121 Å². The zero-order chi connectivity index (χ0) is 14.8. The Bertz CT molecular complexity index is 541. The number of ether oxygens (including phenoxy) is 2. The van der Waals surface area contributed by atoms with Crippen molar-refractivity contribution in [2.75, 3.05) is 25.6 Å². The van der Waals surface area contributed by atoms with Gasteiger partial charge in [0.2, 0.25) is 5.91 Å². The zero-order valence-corrected chi connectivity index (χ0v) is 11.7. The Kier molecular flexibility index (Phi) is 4.27. The van der Waals surface area contributed by atoms with Gasteiger partial charge < -0.3 is 20.5 Å². The molecule has 1 aromatic rings. The van der Waals surface area contributed by atoms with E-state index in [0.717, 1.165) is 0 Å². The Hall–Kier alpha value is -1.63. The molecule has 0 aromatic heterocycles. The average molecular weight is 299 g/mol. The van der Waals surface area contributed by atoms with Crippen LogP contribution in [0.2, 0.25) is 5.02 Å². The first-order valence-electron chi connectivity index (χ1n) is 6.02. The molecule has 20 heavy (non-hydrogen) atoms. The first-order valence-corrected chi connectivity index (χ1v) is 6.40. The molecule has 1 fully saturated rings. The van der Waals surface area contributed by atoms with Crippen molar-refractivity contribution in [3.8, 4) is 0 Å². The number of benzene rings is 1. The van der Waals surface area contributed by atoms with Crippen LogP contribution in [0, 0.1) is 0 Å². The predicted octanol–water partition coefficient (Wildman–Crippen LogP) is 1.18. The number of rotatable bonds is 3. The number of hydrogen-bond donors (Lipinski definition) is 2. The summed E-state index contributed by atoms with van der Waals surface area (Å²) in [6, 6.07) is 4.48. The van der Waals surface area contributed by atoms with Crippen LogP contribution in [-0.2, 0) is 14.3 Å². The third kappa shape index (κ3) is 2.92. The number of esters is 1. The molecular weight excluding hydrogens is 284 g/mol. The predicted molar refractivity (Wildman–Crippen MR) is 73.8 cm³/mol. The van der Waals surface area contributed by atoms with Crippen molar-refractivity contribution in [1.82, 2.24) is 0 Å². The normalized spacial score (nSPS) is 21.6. The largest absolute Gasteiger partial charge is 0.465 e. The van der Waals surface area contributed by atoms with Gasteiger partial charge in [-0.25, -0.2) is 4.79 Å². The highest BCUT2D eigenvalue weighted by Gasteiger charge is 2.38. The molecule has 1 aliphatic rings. The van der Waals surface area contributed by atoms with Gasteiger partial charge in [0.1, 0.15) is 5.54 Å². The number of amides is 1. The minimum atomic E-state index is -1.06. The molecule has 1 saturated heterocycles. The van der Waals surface area contributed by atoms with Crippen molar-refractivity contribution < 1.29 is 19.1 Å². The highest BCUT2D eigenvalue weighted by Crippen LogP contribution is 2.25. The molecule has 3 N–H and O–H groups in total. The fraction of sp³-hybridized carbons (Fsp3) is 0.385. The topological polar surface area (TPSA) is 90.7 Å². The number of nitrogens with one attached hydrogen (secondary N) is 1. The SMILES string of the molecule is COC(=O)c1ccc(Cl)c(NC(=O)C2(N)CCOC2)c1. The van der Waals surface area contributed by atoms with E-state index in [1.807, 2.05) is 0 Å². The lowest BCUT2D eigenvalue weighted by molar-refractivity contribution is -0.121. The first-order chi connectivity index (χ1) is 9.46. The van der Waals surface area contributed by atoms with E-state index in [0.29, 0.717) is 29.3 Å². The van der Waals surface area contributed by atoms with Gasteiger partial charge in [-0.1, -0.05) is 11.6 Å². The summed E-state index contributed by atoms with van der Waals surface area (Å²) in [7, 11) is 1.28. The second kappa shape index (κ2) is 5.78. The van der Waals surface area contributed by atoms with Crippen molar-refractivity contribution in [3.05, 3.63) is 28.8 Å². The van der Waals surface area contributed by atoms with Gasteiger partial charge in [0, 0.05) is 6.61 Å². The van der Waals surface area contributed by atoms with E-state index < -0.39 is 11.5 Å². The second-order valence-corrected chi connectivity index (χ2v) is 5.01. The maximum Gasteiger partial charge on any atom is 0.337 e. The highest BCUT2D eigenvalue weighted by molar-refractivity contribution is 6.34. The minimum Gasteiger partial charge on any atom is -0.465 e. The Morgan fingerprint density at radius 2 is 2.25 bits per heavy atom. The van der Waals surface area contributed by atoms with E-state index in [1.165, 1.54) is 25.3 Å². The van der Waals surface area contributed by atoms with Gasteiger partial charge in [-0.15, -0.1) is 0 Å². The maximum absolute atomic E-state index is 12.1. The molecule has 1 aliphatic heterocycles. The molecule has 1 heterocycles. The van der Waals surface area contributed by atoms with Crippen LogP contribution in [0.3, 0.4) is 0 Å². The first kappa shape index (κ1) is 14.8. The highest BCUT2D eigenvalue weighted by atomic mass is 35.5. The Morgan fingerprint density at radius 3 is 2.85 bits per heavy atom. The smallest absolute Gasteiger partial charge is 0.337 e. The molecule has 0 bridgehead atoms. The van der Waals surface area contributed by atoms with E-state index in [2.05, 4.69) is 10.1 Å². The maximum atomic E-state index is 12.1. The summed E-state index contributed by atoms with van der Waals surface area (Å²) in [6.45, 7) is 0.604. The van der Waals surface area contributed by atoms with Crippen LogP contribution in [-0.4, -0.2) is 37.7 Å². The number of carbonyl (C=O) groups is 2. The molecule has 6 nitrogen and oxygen atoms in total. The average Bonchev–Trinajstić information content (AvgIpc) is 2.88. The fourth-order valence-corrected chi connectivity index (χ4v) is 2.04. The third-order valence-corrected chi connectivity index (χ3v) is 3.47. The number of halogens is 1. The summed E-state index contributed by atoms with van der Waals surface area (Å²) in [5, 5.41) is 2.94. The molecule has 2 rings (SSSR count). The molecule has 1 unspecified atom stereocenters. The quantitative estimate of drug-likeness (QED) is 0.818. The number of methoxy groups -OCH3 is 1. The molecule has 1 aromatic carbocycles. The Balaban J connectivity index is 2.20. The van der Waals surface area contributed by atoms with E-state index in [4.69, 9.17) is 22.1 Å². The Morgan fingerprint density at radius 1 is 1.50 bits per heavy atom. The summed E-state index contributed by atoms with van der Waals surface area (Å²) < 4.78 is 9.75. The number of nitrogens with two attached hydrogens (primary N) is 1. The van der Waals surface area contributed by atoms with Crippen molar-refractivity contribution in [1.29, 1.82) is 0 Å². The number of carbonyl (C=O) groups excluding carboxylic acids is 2. The zero-order valence-electron chi connectivity index (χ0n) is 10.9. The van der Waals surface area contributed by atoms with Gasteiger partial charge in [-0.2, -0.15) is 0 Å². The van der Waals surface area contributed by atoms with Gasteiger partial charge in [-0.05, 0) is 24.6 Å². The monoisotopic (exact) mass is 298 g/mol. The van der Waals surface area contributed by atoms with Crippen LogP contribution in [0.4, 0.5) is 5.69 Å². The molecule has 0 saturated carbocycles. The van der Waals surface area contributed by atoms with Gasteiger partial charge >= 0.3 is 5.97 Å². The standard InChI is InChI=1S/C13H15ClN2O4/c1-19-11(17)8-2-3-9(14)10(6-8)16-12(18)13(15)4-5-20-7-13/h2-3,6H,4-5,7,15H2,1H3,(H,16,18). The van der Waals surface area contributed by atoms with E-state index in [1.54, 1.807) is 0 Å². The lowest BCUT2D eigenvalue weighted by atomic mass is 9.99. The van der Waals surface area contributed by atoms with Crippen LogP contribution < -0.4 is 11.1 Å². The molecule has 108 valence electrons. The number of anilines is 1. The van der Waals surface area contributed by atoms with Gasteiger partial charge in [-0.3, -0.25) is 4.79 Å². The van der Waals surface area contributed by atoms with Crippen molar-refractivity contribution in [2.45, 2.75) is 12.0 Å². The molecule has 7 heteroatoms. The lowest BCUT2D eigenvalue weighted by Gasteiger charge is -2.21. The molecule has 0 radical (unpaired) electrons. The molecule has 1 atom stereocenters. The van der Waals surface area contributed by atoms with Crippen LogP contribution in [0.25, 0.3) is 0 Å². The number of hydrogen-bond acceptors (Lipinski definition) is 5. The third-order valence-electron chi connectivity index (χ3n) is 3.14. The molecule has 0 aliphatic carbocycles. The summed E-state index contributed by atoms with van der Waals surface area (Å²) in [4.78, 5) is 23.6. The van der Waals surface area contributed by atoms with Crippen molar-refractivity contribution in [2.24, 2.45) is 5.73 Å².